The number of carbonyl (C=O) groups excluding carboxylic acids is 1. The van der Waals surface area contributed by atoms with Crippen LogP contribution in [0.5, 0.6) is 0 Å². The van der Waals surface area contributed by atoms with Crippen LogP contribution in [0.15, 0.2) is 67.3 Å². The van der Waals surface area contributed by atoms with Crippen molar-refractivity contribution in [1.29, 1.82) is 0 Å². The Morgan fingerprint density at radius 1 is 1.14 bits per heavy atom. The fraction of sp³-hybridized carbons (Fsp3) is 0.0455. The molecule has 142 valence electrons. The lowest BCUT2D eigenvalue weighted by atomic mass is 10.1. The van der Waals surface area contributed by atoms with Crippen molar-refractivity contribution in [3.63, 3.8) is 0 Å². The summed E-state index contributed by atoms with van der Waals surface area (Å²) >= 11 is 0. The van der Waals surface area contributed by atoms with Crippen LogP contribution < -0.4 is 5.73 Å². The van der Waals surface area contributed by atoms with Crippen LogP contribution >= 0.6 is 0 Å². The molecule has 5 rings (SSSR count). The maximum Gasteiger partial charge on any atom is 0.249 e. The fourth-order valence-corrected chi connectivity index (χ4v) is 3.69. The van der Waals surface area contributed by atoms with Gasteiger partial charge in [-0.25, -0.2) is 9.37 Å². The van der Waals surface area contributed by atoms with Crippen LogP contribution in [0, 0.1) is 5.82 Å². The molecule has 0 saturated heterocycles. The van der Waals surface area contributed by atoms with E-state index in [1.807, 2.05) is 41.1 Å². The van der Waals surface area contributed by atoms with Gasteiger partial charge in [0, 0.05) is 47.7 Å². The first kappa shape index (κ1) is 17.1. The predicted molar refractivity (Wildman–Crippen MR) is 109 cm³/mol. The van der Waals surface area contributed by atoms with Crippen molar-refractivity contribution < 1.29 is 9.18 Å². The van der Waals surface area contributed by atoms with Gasteiger partial charge in [-0.15, -0.1) is 0 Å². The molecule has 3 N–H and O–H groups in total. The number of primary amides is 1. The van der Waals surface area contributed by atoms with Crippen LogP contribution in [0.25, 0.3) is 33.2 Å². The number of rotatable bonds is 4. The molecular weight excluding hydrogens is 369 g/mol. The molecule has 0 atom stereocenters. The highest BCUT2D eigenvalue weighted by molar-refractivity contribution is 6.07. The van der Waals surface area contributed by atoms with Crippen LogP contribution in [0.4, 0.5) is 4.39 Å². The molecule has 0 radical (unpaired) electrons. The summed E-state index contributed by atoms with van der Waals surface area (Å²) in [6, 6.07) is 12.2. The molecule has 6 nitrogen and oxygen atoms in total. The zero-order valence-corrected chi connectivity index (χ0v) is 15.3. The van der Waals surface area contributed by atoms with Gasteiger partial charge in [-0.05, 0) is 48.0 Å². The van der Waals surface area contributed by atoms with Gasteiger partial charge in [0.2, 0.25) is 5.91 Å². The van der Waals surface area contributed by atoms with Gasteiger partial charge in [-0.3, -0.25) is 9.78 Å². The molecule has 0 aliphatic rings. The molecule has 4 heterocycles. The van der Waals surface area contributed by atoms with Gasteiger partial charge in [-0.2, -0.15) is 0 Å². The van der Waals surface area contributed by atoms with Gasteiger partial charge < -0.3 is 15.3 Å². The minimum atomic E-state index is -0.665. The van der Waals surface area contributed by atoms with Crippen LogP contribution in [-0.2, 0) is 6.54 Å². The zero-order chi connectivity index (χ0) is 20.0. The van der Waals surface area contributed by atoms with E-state index >= 15 is 0 Å². The molecule has 0 aliphatic heterocycles. The minimum absolute atomic E-state index is 0.158. The van der Waals surface area contributed by atoms with Crippen LogP contribution in [0.3, 0.4) is 0 Å². The first-order chi connectivity index (χ1) is 14.1. The third-order valence-corrected chi connectivity index (χ3v) is 5.04. The van der Waals surface area contributed by atoms with E-state index in [-0.39, 0.29) is 5.56 Å². The summed E-state index contributed by atoms with van der Waals surface area (Å²) < 4.78 is 16.3. The van der Waals surface area contributed by atoms with Gasteiger partial charge in [-0.1, -0.05) is 0 Å². The topological polar surface area (TPSA) is 89.6 Å². The quantitative estimate of drug-likeness (QED) is 0.492. The Kier molecular flexibility index (Phi) is 3.87. The van der Waals surface area contributed by atoms with E-state index < -0.39 is 11.7 Å². The third kappa shape index (κ3) is 2.93. The van der Waals surface area contributed by atoms with E-state index in [2.05, 4.69) is 15.0 Å². The van der Waals surface area contributed by atoms with Gasteiger partial charge in [0.05, 0.1) is 16.8 Å². The van der Waals surface area contributed by atoms with E-state index in [1.54, 1.807) is 18.6 Å². The lowest BCUT2D eigenvalue weighted by molar-refractivity contribution is 0.100. The van der Waals surface area contributed by atoms with E-state index in [9.17, 15) is 9.18 Å². The first-order valence-corrected chi connectivity index (χ1v) is 9.05. The standard InChI is InChI=1S/C22H16FN5O/c23-16-8-18(21(24)29)17-10-19(15-7-14-3-6-26-22(14)27-11-15)28(20(17)9-16)12-13-1-4-25-5-2-13/h1-11H,12H2,(H2,24,29)(H,26,27). The number of halogens is 1. The molecular formula is C22H16FN5O. The number of hydrogen-bond donors (Lipinski definition) is 2. The molecule has 0 aliphatic carbocycles. The summed E-state index contributed by atoms with van der Waals surface area (Å²) in [5.74, 6) is -1.17. The van der Waals surface area contributed by atoms with E-state index in [0.29, 0.717) is 17.4 Å². The second kappa shape index (κ2) is 6.56. The summed E-state index contributed by atoms with van der Waals surface area (Å²) in [4.78, 5) is 23.5. The van der Waals surface area contributed by atoms with Crippen molar-refractivity contribution in [2.45, 2.75) is 6.54 Å². The number of nitrogens with two attached hydrogens (primary N) is 1. The molecule has 7 heteroatoms. The number of H-pyrrole nitrogens is 1. The summed E-state index contributed by atoms with van der Waals surface area (Å²) in [5.41, 5.74) is 9.74. The summed E-state index contributed by atoms with van der Waals surface area (Å²) in [6.07, 6.45) is 7.01. The van der Waals surface area contributed by atoms with Gasteiger partial charge in [0.25, 0.3) is 0 Å². The number of aromatic nitrogens is 4. The zero-order valence-electron chi connectivity index (χ0n) is 15.3. The molecule has 4 aromatic heterocycles. The normalized spacial score (nSPS) is 11.3. The maximum absolute atomic E-state index is 14.3. The number of carbonyl (C=O) groups is 1. The van der Waals surface area contributed by atoms with Crippen molar-refractivity contribution in [3.05, 3.63) is 84.2 Å². The number of fused-ring (bicyclic) bond motifs is 2. The van der Waals surface area contributed by atoms with Crippen molar-refractivity contribution in [3.8, 4) is 11.3 Å². The Morgan fingerprint density at radius 3 is 2.76 bits per heavy atom. The molecule has 0 fully saturated rings. The molecule has 0 saturated carbocycles. The smallest absolute Gasteiger partial charge is 0.249 e. The summed E-state index contributed by atoms with van der Waals surface area (Å²) in [7, 11) is 0. The van der Waals surface area contributed by atoms with Crippen molar-refractivity contribution >= 4 is 27.8 Å². The number of nitrogens with one attached hydrogen (secondary N) is 1. The Morgan fingerprint density at radius 2 is 1.97 bits per heavy atom. The second-order valence-electron chi connectivity index (χ2n) is 6.86. The lowest BCUT2D eigenvalue weighted by Gasteiger charge is -2.12. The van der Waals surface area contributed by atoms with Crippen molar-refractivity contribution in [2.24, 2.45) is 5.73 Å². The first-order valence-electron chi connectivity index (χ1n) is 9.05. The molecule has 0 spiro atoms. The molecule has 0 unspecified atom stereocenters. The Labute approximate surface area is 164 Å². The SMILES string of the molecule is NC(=O)c1cc(F)cc2c1cc(-c1cnc3[nH]ccc3c1)n2Cc1ccncc1. The molecule has 1 aromatic carbocycles. The van der Waals surface area contributed by atoms with Gasteiger partial charge in [0.15, 0.2) is 0 Å². The molecule has 5 aromatic rings. The Balaban J connectivity index is 1.80. The number of pyridine rings is 2. The fourth-order valence-electron chi connectivity index (χ4n) is 3.69. The van der Waals surface area contributed by atoms with E-state index in [4.69, 9.17) is 5.73 Å². The van der Waals surface area contributed by atoms with Crippen molar-refractivity contribution in [2.75, 3.05) is 0 Å². The number of aromatic amines is 1. The van der Waals surface area contributed by atoms with Crippen molar-refractivity contribution in [1.82, 2.24) is 19.5 Å². The Bertz CT molecular complexity index is 1370. The third-order valence-electron chi connectivity index (χ3n) is 5.04. The molecule has 1 amide bonds. The average Bonchev–Trinajstić information content (AvgIpc) is 3.32. The number of amides is 1. The number of nitrogens with zero attached hydrogens (tertiary/aromatic N) is 3. The van der Waals surface area contributed by atoms with E-state index in [0.717, 1.165) is 27.9 Å². The summed E-state index contributed by atoms with van der Waals surface area (Å²) in [6.45, 7) is 0.480. The second-order valence-corrected chi connectivity index (χ2v) is 6.86. The number of benzene rings is 1. The summed E-state index contributed by atoms with van der Waals surface area (Å²) in [5, 5.41) is 1.57. The van der Waals surface area contributed by atoms with Gasteiger partial charge in [0.1, 0.15) is 11.5 Å². The number of hydrogen-bond acceptors (Lipinski definition) is 3. The van der Waals surface area contributed by atoms with Crippen LogP contribution in [0.1, 0.15) is 15.9 Å². The minimum Gasteiger partial charge on any atom is -0.366 e. The Hall–Kier alpha value is -4.00. The van der Waals surface area contributed by atoms with Crippen LogP contribution in [-0.4, -0.2) is 25.4 Å². The highest BCUT2D eigenvalue weighted by Gasteiger charge is 2.18. The monoisotopic (exact) mass is 385 g/mol. The lowest BCUT2D eigenvalue weighted by Crippen LogP contribution is -2.11. The highest BCUT2D eigenvalue weighted by Crippen LogP contribution is 2.32. The van der Waals surface area contributed by atoms with E-state index in [1.165, 1.54) is 12.1 Å². The largest absolute Gasteiger partial charge is 0.366 e. The van der Waals surface area contributed by atoms with Gasteiger partial charge >= 0.3 is 0 Å². The highest BCUT2D eigenvalue weighted by atomic mass is 19.1. The molecule has 0 bridgehead atoms. The van der Waals surface area contributed by atoms with Crippen LogP contribution in [0.2, 0.25) is 0 Å². The predicted octanol–water partition coefficient (Wildman–Crippen LogP) is 3.87. The molecule has 29 heavy (non-hydrogen) atoms. The maximum atomic E-state index is 14.3. The average molecular weight is 385 g/mol.